The number of aryl methyl sites for hydroxylation is 1. The van der Waals surface area contributed by atoms with Crippen molar-refractivity contribution in [3.8, 4) is 11.1 Å². The first-order chi connectivity index (χ1) is 16.8. The SMILES string of the molecule is CCN(CC(C)C(=O)O)C(=O)c1nn(C)cc1NC(=O)OCC1c2ccccc2-c2ccccc21. The van der Waals surface area contributed by atoms with Gasteiger partial charge in [-0.05, 0) is 29.2 Å². The minimum Gasteiger partial charge on any atom is -0.481 e. The van der Waals surface area contributed by atoms with Crippen LogP contribution < -0.4 is 5.32 Å². The van der Waals surface area contributed by atoms with Gasteiger partial charge in [-0.15, -0.1) is 0 Å². The van der Waals surface area contributed by atoms with E-state index in [1.165, 1.54) is 22.7 Å². The zero-order chi connectivity index (χ0) is 25.1. The van der Waals surface area contributed by atoms with Gasteiger partial charge in [0.15, 0.2) is 5.69 Å². The molecule has 0 saturated heterocycles. The molecule has 0 aliphatic heterocycles. The van der Waals surface area contributed by atoms with Gasteiger partial charge in [-0.3, -0.25) is 19.6 Å². The zero-order valence-electron chi connectivity index (χ0n) is 19.9. The van der Waals surface area contributed by atoms with Gasteiger partial charge < -0.3 is 14.7 Å². The molecule has 0 fully saturated rings. The molecule has 0 radical (unpaired) electrons. The van der Waals surface area contributed by atoms with Crippen LogP contribution in [0.4, 0.5) is 10.5 Å². The van der Waals surface area contributed by atoms with Crippen LogP contribution in [0.25, 0.3) is 11.1 Å². The number of nitrogens with one attached hydrogen (secondary N) is 1. The van der Waals surface area contributed by atoms with Gasteiger partial charge in [0.05, 0.1) is 11.6 Å². The van der Waals surface area contributed by atoms with Crippen LogP contribution in [-0.2, 0) is 16.6 Å². The minimum atomic E-state index is -0.991. The number of aromatic nitrogens is 2. The molecule has 1 unspecified atom stereocenters. The number of carboxylic acids is 1. The summed E-state index contributed by atoms with van der Waals surface area (Å²) in [5.74, 6) is -2.28. The Balaban J connectivity index is 1.46. The Bertz CT molecular complexity index is 1220. The summed E-state index contributed by atoms with van der Waals surface area (Å²) in [6, 6.07) is 16.1. The Morgan fingerprint density at radius 1 is 1.11 bits per heavy atom. The predicted molar refractivity (Wildman–Crippen MR) is 130 cm³/mol. The summed E-state index contributed by atoms with van der Waals surface area (Å²) in [5.41, 5.74) is 4.70. The summed E-state index contributed by atoms with van der Waals surface area (Å²) >= 11 is 0. The number of carbonyl (C=O) groups is 3. The van der Waals surface area contributed by atoms with Crippen LogP contribution in [0.15, 0.2) is 54.7 Å². The Hall–Kier alpha value is -4.14. The van der Waals surface area contributed by atoms with Crippen LogP contribution in [0.3, 0.4) is 0 Å². The Labute approximate surface area is 203 Å². The molecule has 2 amide bonds. The molecule has 9 heteroatoms. The maximum atomic E-state index is 13.1. The molecule has 35 heavy (non-hydrogen) atoms. The average molecular weight is 477 g/mol. The molecule has 9 nitrogen and oxygen atoms in total. The molecule has 2 aromatic carbocycles. The fraction of sp³-hybridized carbons (Fsp3) is 0.308. The number of ether oxygens (including phenoxy) is 1. The molecule has 0 spiro atoms. The van der Waals surface area contributed by atoms with Gasteiger partial charge in [-0.1, -0.05) is 55.5 Å². The fourth-order valence-corrected chi connectivity index (χ4v) is 4.40. The number of aliphatic carboxylic acids is 1. The quantitative estimate of drug-likeness (QED) is 0.509. The highest BCUT2D eigenvalue weighted by atomic mass is 16.5. The number of amides is 2. The van der Waals surface area contributed by atoms with E-state index in [0.29, 0.717) is 6.54 Å². The summed E-state index contributed by atoms with van der Waals surface area (Å²) in [6.45, 7) is 3.77. The molecule has 1 heterocycles. The number of hydrogen-bond acceptors (Lipinski definition) is 5. The molecule has 1 aromatic heterocycles. The van der Waals surface area contributed by atoms with Crippen molar-refractivity contribution in [3.63, 3.8) is 0 Å². The highest BCUT2D eigenvalue weighted by Crippen LogP contribution is 2.44. The lowest BCUT2D eigenvalue weighted by molar-refractivity contribution is -0.141. The van der Waals surface area contributed by atoms with Crippen LogP contribution in [0, 0.1) is 5.92 Å². The van der Waals surface area contributed by atoms with Crippen LogP contribution >= 0.6 is 0 Å². The van der Waals surface area contributed by atoms with Crippen LogP contribution in [-0.4, -0.2) is 57.5 Å². The summed E-state index contributed by atoms with van der Waals surface area (Å²) in [7, 11) is 1.63. The number of carboxylic acid groups (broad SMARTS) is 1. The van der Waals surface area contributed by atoms with Gasteiger partial charge in [0, 0.05) is 32.3 Å². The second-order valence-corrected chi connectivity index (χ2v) is 8.60. The number of anilines is 1. The topological polar surface area (TPSA) is 114 Å². The van der Waals surface area contributed by atoms with Gasteiger partial charge in [0.25, 0.3) is 5.91 Å². The molecule has 4 rings (SSSR count). The van der Waals surface area contributed by atoms with Gasteiger partial charge in [-0.2, -0.15) is 5.10 Å². The number of carbonyl (C=O) groups excluding carboxylic acids is 2. The van der Waals surface area contributed by atoms with Crippen molar-refractivity contribution >= 4 is 23.7 Å². The molecule has 2 N–H and O–H groups in total. The third kappa shape index (κ3) is 4.89. The maximum Gasteiger partial charge on any atom is 0.411 e. The van der Waals surface area contributed by atoms with E-state index in [-0.39, 0.29) is 30.5 Å². The van der Waals surface area contributed by atoms with Crippen LogP contribution in [0.1, 0.15) is 41.4 Å². The standard InChI is InChI=1S/C26H28N4O5/c1-4-30(13-16(2)25(32)33)24(31)23-22(14-29(3)28-23)27-26(34)35-15-21-19-11-7-5-9-17(19)18-10-6-8-12-20(18)21/h5-12,14,16,21H,4,13,15H2,1-3H3,(H,27,34)(H,32,33). The first-order valence-corrected chi connectivity index (χ1v) is 11.5. The smallest absolute Gasteiger partial charge is 0.411 e. The van der Waals surface area contributed by atoms with Crippen molar-refractivity contribution in [1.29, 1.82) is 0 Å². The maximum absolute atomic E-state index is 13.1. The summed E-state index contributed by atoms with van der Waals surface area (Å²) in [4.78, 5) is 38.4. The number of benzene rings is 2. The van der Waals surface area contributed by atoms with Crippen molar-refractivity contribution in [2.75, 3.05) is 25.0 Å². The summed E-state index contributed by atoms with van der Waals surface area (Å²) in [5, 5.41) is 16.0. The summed E-state index contributed by atoms with van der Waals surface area (Å²) < 4.78 is 7.00. The third-order valence-electron chi connectivity index (χ3n) is 6.20. The van der Waals surface area contributed by atoms with Gasteiger partial charge in [0.1, 0.15) is 6.61 Å². The molecule has 1 aliphatic carbocycles. The first kappa shape index (κ1) is 24.0. The monoisotopic (exact) mass is 476 g/mol. The lowest BCUT2D eigenvalue weighted by Crippen LogP contribution is -2.37. The van der Waals surface area contributed by atoms with Crippen molar-refractivity contribution in [2.45, 2.75) is 19.8 Å². The molecule has 1 atom stereocenters. The largest absolute Gasteiger partial charge is 0.481 e. The second-order valence-electron chi connectivity index (χ2n) is 8.60. The molecule has 0 bridgehead atoms. The summed E-state index contributed by atoms with van der Waals surface area (Å²) in [6.07, 6.45) is 0.819. The van der Waals surface area contributed by atoms with E-state index in [4.69, 9.17) is 4.74 Å². The first-order valence-electron chi connectivity index (χ1n) is 11.5. The normalized spacial score (nSPS) is 13.0. The number of rotatable bonds is 8. The highest BCUT2D eigenvalue weighted by molar-refractivity contribution is 6.01. The number of nitrogens with zero attached hydrogens (tertiary/aromatic N) is 3. The highest BCUT2D eigenvalue weighted by Gasteiger charge is 2.30. The van der Waals surface area contributed by atoms with Crippen molar-refractivity contribution in [3.05, 3.63) is 71.5 Å². The molecular weight excluding hydrogens is 448 g/mol. The van der Waals surface area contributed by atoms with Crippen LogP contribution in [0.2, 0.25) is 0 Å². The second kappa shape index (κ2) is 10.0. The Morgan fingerprint density at radius 2 is 1.71 bits per heavy atom. The number of hydrogen-bond donors (Lipinski definition) is 2. The minimum absolute atomic E-state index is 0.0282. The van der Waals surface area contributed by atoms with E-state index >= 15 is 0 Å². The number of fused-ring (bicyclic) bond motifs is 3. The molecule has 0 saturated carbocycles. The van der Waals surface area contributed by atoms with Gasteiger partial charge in [-0.25, -0.2) is 4.79 Å². The molecule has 1 aliphatic rings. The molecule has 3 aromatic rings. The fourth-order valence-electron chi connectivity index (χ4n) is 4.40. The van der Waals surface area contributed by atoms with E-state index in [2.05, 4.69) is 22.5 Å². The average Bonchev–Trinajstić information content (AvgIpc) is 3.37. The van der Waals surface area contributed by atoms with Gasteiger partial charge >= 0.3 is 12.1 Å². The Morgan fingerprint density at radius 3 is 2.29 bits per heavy atom. The van der Waals surface area contributed by atoms with Gasteiger partial charge in [0.2, 0.25) is 0 Å². The Kier molecular flexibility index (Phi) is 6.86. The zero-order valence-corrected chi connectivity index (χ0v) is 19.9. The third-order valence-corrected chi connectivity index (χ3v) is 6.20. The van der Waals surface area contributed by atoms with E-state index in [1.807, 2.05) is 36.4 Å². The van der Waals surface area contributed by atoms with Crippen molar-refractivity contribution in [1.82, 2.24) is 14.7 Å². The molecular formula is C26H28N4O5. The lowest BCUT2D eigenvalue weighted by Gasteiger charge is -2.22. The van der Waals surface area contributed by atoms with E-state index in [1.54, 1.807) is 14.0 Å². The molecule has 182 valence electrons. The van der Waals surface area contributed by atoms with Crippen LogP contribution in [0.5, 0.6) is 0 Å². The predicted octanol–water partition coefficient (Wildman–Crippen LogP) is 3.96. The lowest BCUT2D eigenvalue weighted by atomic mass is 9.98. The van der Waals surface area contributed by atoms with E-state index < -0.39 is 23.9 Å². The van der Waals surface area contributed by atoms with Crippen molar-refractivity contribution in [2.24, 2.45) is 13.0 Å². The van der Waals surface area contributed by atoms with E-state index in [9.17, 15) is 19.5 Å². The van der Waals surface area contributed by atoms with E-state index in [0.717, 1.165) is 22.3 Å². The van der Waals surface area contributed by atoms with Crippen molar-refractivity contribution < 1.29 is 24.2 Å².